The molecule has 18 heavy (non-hydrogen) atoms. The smallest absolute Gasteiger partial charge is 0.0640 e. The van der Waals surface area contributed by atoms with Crippen LogP contribution in [0, 0.1) is 5.92 Å². The van der Waals surface area contributed by atoms with E-state index in [9.17, 15) is 0 Å². The zero-order valence-corrected chi connectivity index (χ0v) is 11.6. The van der Waals surface area contributed by atoms with Crippen LogP contribution in [-0.4, -0.2) is 15.8 Å². The van der Waals surface area contributed by atoms with Crippen LogP contribution in [0.5, 0.6) is 0 Å². The molecule has 1 aromatic heterocycles. The van der Waals surface area contributed by atoms with E-state index < -0.39 is 0 Å². The van der Waals surface area contributed by atoms with E-state index in [4.69, 9.17) is 10.9 Å². The summed E-state index contributed by atoms with van der Waals surface area (Å²) < 4.78 is 2.17. The second-order valence-electron chi connectivity index (χ2n) is 5.80. The quantitative estimate of drug-likeness (QED) is 0.623. The normalized spacial score (nSPS) is 19.3. The van der Waals surface area contributed by atoms with E-state index in [0.29, 0.717) is 18.0 Å². The van der Waals surface area contributed by atoms with E-state index in [1.807, 2.05) is 0 Å². The lowest BCUT2D eigenvalue weighted by molar-refractivity contribution is 0.326. The van der Waals surface area contributed by atoms with Crippen molar-refractivity contribution in [2.75, 3.05) is 0 Å². The summed E-state index contributed by atoms with van der Waals surface area (Å²) in [6, 6.07) is 3.07. The molecule has 1 aliphatic carbocycles. The first-order chi connectivity index (χ1) is 8.70. The zero-order chi connectivity index (χ0) is 13.0. The minimum atomic E-state index is 0.305. The molecule has 0 saturated heterocycles. The van der Waals surface area contributed by atoms with Gasteiger partial charge in [0.1, 0.15) is 0 Å². The molecule has 102 valence electrons. The van der Waals surface area contributed by atoms with Crippen LogP contribution < -0.4 is 11.3 Å². The molecule has 0 aromatic carbocycles. The largest absolute Gasteiger partial charge is 0.271 e. The fourth-order valence-corrected chi connectivity index (χ4v) is 2.75. The Kier molecular flexibility index (Phi) is 4.78. The van der Waals surface area contributed by atoms with Crippen molar-refractivity contribution >= 4 is 0 Å². The van der Waals surface area contributed by atoms with Crippen LogP contribution in [0.4, 0.5) is 0 Å². The van der Waals surface area contributed by atoms with E-state index in [1.165, 1.54) is 32.1 Å². The molecule has 1 heterocycles. The highest BCUT2D eigenvalue weighted by atomic mass is 15.3. The van der Waals surface area contributed by atoms with Crippen molar-refractivity contribution in [1.82, 2.24) is 15.2 Å². The molecule has 1 aromatic rings. The van der Waals surface area contributed by atoms with Gasteiger partial charge in [0.2, 0.25) is 0 Å². The summed E-state index contributed by atoms with van der Waals surface area (Å²) in [6.07, 6.45) is 9.69. The highest BCUT2D eigenvalue weighted by molar-refractivity contribution is 5.02. The fraction of sp³-hybridized carbons (Fsp3) is 0.786. The van der Waals surface area contributed by atoms with Crippen LogP contribution in [0.1, 0.15) is 57.7 Å². The van der Waals surface area contributed by atoms with E-state index >= 15 is 0 Å². The van der Waals surface area contributed by atoms with E-state index in [1.54, 1.807) is 0 Å². The number of hydrogen-bond acceptors (Lipinski definition) is 3. The van der Waals surface area contributed by atoms with Crippen LogP contribution in [-0.2, 0) is 6.42 Å². The zero-order valence-electron chi connectivity index (χ0n) is 11.6. The van der Waals surface area contributed by atoms with Crippen molar-refractivity contribution in [3.05, 3.63) is 18.0 Å². The minimum absolute atomic E-state index is 0.305. The van der Waals surface area contributed by atoms with Crippen LogP contribution >= 0.6 is 0 Å². The van der Waals surface area contributed by atoms with Crippen molar-refractivity contribution in [3.8, 4) is 0 Å². The predicted molar refractivity (Wildman–Crippen MR) is 74.0 cm³/mol. The molecule has 1 saturated carbocycles. The number of rotatable bonds is 5. The average molecular weight is 250 g/mol. The maximum Gasteiger partial charge on any atom is 0.0640 e. The summed E-state index contributed by atoms with van der Waals surface area (Å²) in [4.78, 5) is 0. The van der Waals surface area contributed by atoms with Gasteiger partial charge in [-0.2, -0.15) is 5.10 Å². The summed E-state index contributed by atoms with van der Waals surface area (Å²) >= 11 is 0. The molecule has 0 bridgehead atoms. The third kappa shape index (κ3) is 3.33. The van der Waals surface area contributed by atoms with Crippen molar-refractivity contribution in [2.24, 2.45) is 11.8 Å². The predicted octanol–water partition coefficient (Wildman–Crippen LogP) is 2.42. The summed E-state index contributed by atoms with van der Waals surface area (Å²) in [7, 11) is 0. The molecule has 4 heteroatoms. The molecule has 0 amide bonds. The molecule has 1 fully saturated rings. The topological polar surface area (TPSA) is 55.9 Å². The Balaban J connectivity index is 1.96. The standard InChI is InChI=1S/C14H26N4/c1-11(2)14(16-15)10-12-8-9-18(17-12)13-6-4-3-5-7-13/h8-9,11,13-14,16H,3-7,10,15H2,1-2H3. The molecule has 4 nitrogen and oxygen atoms in total. The molecular weight excluding hydrogens is 224 g/mol. The van der Waals surface area contributed by atoms with Crippen molar-refractivity contribution in [1.29, 1.82) is 0 Å². The maximum atomic E-state index is 5.59. The van der Waals surface area contributed by atoms with E-state index in [2.05, 4.69) is 36.2 Å². The second kappa shape index (κ2) is 6.34. The van der Waals surface area contributed by atoms with Gasteiger partial charge in [0, 0.05) is 18.7 Å². The molecule has 1 atom stereocenters. The molecule has 0 spiro atoms. The van der Waals surface area contributed by atoms with Crippen LogP contribution in [0.15, 0.2) is 12.3 Å². The molecule has 3 N–H and O–H groups in total. The monoisotopic (exact) mass is 250 g/mol. The SMILES string of the molecule is CC(C)C(Cc1ccn(C2CCCCC2)n1)NN. The Labute approximate surface area is 110 Å². The van der Waals surface area contributed by atoms with Gasteiger partial charge >= 0.3 is 0 Å². The molecular formula is C14H26N4. The molecule has 1 unspecified atom stereocenters. The number of nitrogens with one attached hydrogen (secondary N) is 1. The van der Waals surface area contributed by atoms with Crippen molar-refractivity contribution < 1.29 is 0 Å². The number of nitrogens with zero attached hydrogens (tertiary/aromatic N) is 2. The lowest BCUT2D eigenvalue weighted by Gasteiger charge is -2.22. The van der Waals surface area contributed by atoms with Gasteiger partial charge in [-0.05, 0) is 24.8 Å². The Morgan fingerprint density at radius 2 is 2.11 bits per heavy atom. The number of aromatic nitrogens is 2. The number of nitrogens with two attached hydrogens (primary N) is 1. The third-order valence-corrected chi connectivity index (χ3v) is 4.06. The molecule has 2 rings (SSSR count). The van der Waals surface area contributed by atoms with Gasteiger partial charge in [0.15, 0.2) is 0 Å². The Hall–Kier alpha value is -0.870. The number of hydrazine groups is 1. The van der Waals surface area contributed by atoms with Gasteiger partial charge in [0.25, 0.3) is 0 Å². The maximum absolute atomic E-state index is 5.59. The second-order valence-corrected chi connectivity index (χ2v) is 5.80. The van der Waals surface area contributed by atoms with Gasteiger partial charge in [-0.1, -0.05) is 33.1 Å². The highest BCUT2D eigenvalue weighted by Gasteiger charge is 2.18. The van der Waals surface area contributed by atoms with Gasteiger partial charge in [-0.15, -0.1) is 0 Å². The molecule has 0 radical (unpaired) electrons. The first-order valence-electron chi connectivity index (χ1n) is 7.21. The first kappa shape index (κ1) is 13.6. The summed E-state index contributed by atoms with van der Waals surface area (Å²) in [6.45, 7) is 4.37. The minimum Gasteiger partial charge on any atom is -0.271 e. The van der Waals surface area contributed by atoms with Gasteiger partial charge in [-0.3, -0.25) is 16.0 Å². The van der Waals surface area contributed by atoms with E-state index in [-0.39, 0.29) is 0 Å². The van der Waals surface area contributed by atoms with Gasteiger partial charge < -0.3 is 0 Å². The first-order valence-corrected chi connectivity index (χ1v) is 7.21. The van der Waals surface area contributed by atoms with Crippen LogP contribution in [0.3, 0.4) is 0 Å². The van der Waals surface area contributed by atoms with Crippen LogP contribution in [0.25, 0.3) is 0 Å². The lowest BCUT2D eigenvalue weighted by Crippen LogP contribution is -2.40. The van der Waals surface area contributed by atoms with Crippen molar-refractivity contribution in [2.45, 2.75) is 64.5 Å². The Morgan fingerprint density at radius 1 is 1.39 bits per heavy atom. The molecule has 0 aliphatic heterocycles. The van der Waals surface area contributed by atoms with Gasteiger partial charge in [-0.25, -0.2) is 0 Å². The lowest BCUT2D eigenvalue weighted by atomic mass is 9.96. The number of hydrogen-bond donors (Lipinski definition) is 2. The summed E-state index contributed by atoms with van der Waals surface area (Å²) in [5, 5.41) is 4.73. The summed E-state index contributed by atoms with van der Waals surface area (Å²) in [5.74, 6) is 6.11. The summed E-state index contributed by atoms with van der Waals surface area (Å²) in [5.41, 5.74) is 4.04. The fourth-order valence-electron chi connectivity index (χ4n) is 2.75. The van der Waals surface area contributed by atoms with Crippen molar-refractivity contribution in [3.63, 3.8) is 0 Å². The molecule has 1 aliphatic rings. The van der Waals surface area contributed by atoms with E-state index in [0.717, 1.165) is 12.1 Å². The average Bonchev–Trinajstić information content (AvgIpc) is 2.85. The van der Waals surface area contributed by atoms with Crippen LogP contribution in [0.2, 0.25) is 0 Å². The third-order valence-electron chi connectivity index (χ3n) is 4.06. The Bertz CT molecular complexity index is 352. The highest BCUT2D eigenvalue weighted by Crippen LogP contribution is 2.27. The van der Waals surface area contributed by atoms with Gasteiger partial charge in [0.05, 0.1) is 11.7 Å². The Morgan fingerprint density at radius 3 is 2.72 bits per heavy atom.